The molecule has 108 valence electrons. The van der Waals surface area contributed by atoms with E-state index in [1.807, 2.05) is 0 Å². The van der Waals surface area contributed by atoms with E-state index >= 15 is 0 Å². The summed E-state index contributed by atoms with van der Waals surface area (Å²) in [5, 5.41) is 10.1. The largest absolute Gasteiger partial charge is 0.494 e. The van der Waals surface area contributed by atoms with Crippen LogP contribution in [0.15, 0.2) is 9.59 Å². The molecule has 1 rings (SSSR count). The Kier molecular flexibility index (Phi) is 5.31. The summed E-state index contributed by atoms with van der Waals surface area (Å²) in [6.07, 6.45) is -0.389. The molecule has 0 spiro atoms. The van der Waals surface area contributed by atoms with Gasteiger partial charge in [0.2, 0.25) is 5.88 Å². The molecule has 0 aliphatic heterocycles. The van der Waals surface area contributed by atoms with Crippen molar-refractivity contribution in [1.82, 2.24) is 9.55 Å². The summed E-state index contributed by atoms with van der Waals surface area (Å²) < 4.78 is 11.2. The summed E-state index contributed by atoms with van der Waals surface area (Å²) in [4.78, 5) is 25.6. The van der Waals surface area contributed by atoms with Crippen LogP contribution in [0.2, 0.25) is 0 Å². The van der Waals surface area contributed by atoms with E-state index in [4.69, 9.17) is 9.47 Å². The van der Waals surface area contributed by atoms with Crippen molar-refractivity contribution >= 4 is 0 Å². The predicted molar refractivity (Wildman–Crippen MR) is 69.7 cm³/mol. The number of rotatable bonds is 6. The lowest BCUT2D eigenvalue weighted by Crippen LogP contribution is -2.36. The van der Waals surface area contributed by atoms with Crippen molar-refractivity contribution in [2.75, 3.05) is 20.8 Å². The lowest BCUT2D eigenvalue weighted by Gasteiger charge is -2.18. The number of nitrogens with one attached hydrogen (secondary N) is 1. The van der Waals surface area contributed by atoms with Crippen molar-refractivity contribution in [3.05, 3.63) is 26.4 Å². The van der Waals surface area contributed by atoms with Crippen LogP contribution < -0.4 is 11.2 Å². The Morgan fingerprint density at radius 1 is 1.32 bits per heavy atom. The molecule has 2 N–H and O–H groups in total. The molecule has 1 heterocycles. The average molecular weight is 272 g/mol. The first-order valence-corrected chi connectivity index (χ1v) is 6.00. The molecule has 0 saturated heterocycles. The van der Waals surface area contributed by atoms with Gasteiger partial charge < -0.3 is 14.6 Å². The Morgan fingerprint density at radius 3 is 2.42 bits per heavy atom. The Hall–Kier alpha value is -1.60. The summed E-state index contributed by atoms with van der Waals surface area (Å²) >= 11 is 0. The monoisotopic (exact) mass is 272 g/mol. The highest BCUT2D eigenvalue weighted by atomic mass is 16.5. The van der Waals surface area contributed by atoms with Gasteiger partial charge in [-0.3, -0.25) is 14.3 Å². The minimum absolute atomic E-state index is 0.103. The zero-order valence-electron chi connectivity index (χ0n) is 11.6. The third-order valence-electron chi connectivity index (χ3n) is 2.86. The van der Waals surface area contributed by atoms with Gasteiger partial charge in [-0.2, -0.15) is 0 Å². The van der Waals surface area contributed by atoms with Crippen molar-refractivity contribution in [2.45, 2.75) is 32.4 Å². The summed E-state index contributed by atoms with van der Waals surface area (Å²) in [7, 11) is 3.00. The second-order valence-electron chi connectivity index (χ2n) is 4.57. The Bertz CT molecular complexity index is 532. The molecule has 0 amide bonds. The van der Waals surface area contributed by atoms with Gasteiger partial charge in [-0.25, -0.2) is 4.79 Å². The number of methoxy groups -OCH3 is 2. The molecule has 0 bridgehead atoms. The van der Waals surface area contributed by atoms with E-state index < -0.39 is 11.2 Å². The molecule has 1 atom stereocenters. The molecule has 1 unspecified atom stereocenters. The molecular formula is C12H20N2O5. The van der Waals surface area contributed by atoms with E-state index in [-0.39, 0.29) is 36.6 Å². The normalized spacial score (nSPS) is 12.9. The number of nitrogens with zero attached hydrogens (tertiary/aromatic N) is 1. The molecular weight excluding hydrogens is 252 g/mol. The first kappa shape index (κ1) is 15.5. The van der Waals surface area contributed by atoms with Gasteiger partial charge in [0.25, 0.3) is 5.56 Å². The molecule has 0 radical (unpaired) electrons. The van der Waals surface area contributed by atoms with Crippen LogP contribution in [-0.2, 0) is 16.0 Å². The lowest BCUT2D eigenvalue weighted by molar-refractivity contribution is 0.0162. The van der Waals surface area contributed by atoms with Crippen molar-refractivity contribution < 1.29 is 14.6 Å². The van der Waals surface area contributed by atoms with E-state index in [0.29, 0.717) is 0 Å². The smallest absolute Gasteiger partial charge is 0.331 e. The molecule has 19 heavy (non-hydrogen) atoms. The van der Waals surface area contributed by atoms with Gasteiger partial charge in [0.15, 0.2) is 0 Å². The van der Waals surface area contributed by atoms with Crippen LogP contribution in [0, 0.1) is 0 Å². The van der Waals surface area contributed by atoms with E-state index in [1.165, 1.54) is 14.2 Å². The average Bonchev–Trinajstić information content (AvgIpc) is 2.32. The Balaban J connectivity index is 3.24. The van der Waals surface area contributed by atoms with Gasteiger partial charge in [-0.1, -0.05) is 13.8 Å². The Labute approximate surface area is 110 Å². The van der Waals surface area contributed by atoms with E-state index in [2.05, 4.69) is 4.98 Å². The highest BCUT2D eigenvalue weighted by Gasteiger charge is 2.19. The Morgan fingerprint density at radius 2 is 1.95 bits per heavy atom. The standard InChI is InChI=1S/C12H20N2O5/c1-7(2)9-10(15)13-12(17)14(11(9)16)5-8(19-4)6-18-3/h7-8,16H,5-6H2,1-4H3,(H,13,15,17). The van der Waals surface area contributed by atoms with Crippen molar-refractivity contribution in [1.29, 1.82) is 0 Å². The molecule has 7 nitrogen and oxygen atoms in total. The highest BCUT2D eigenvalue weighted by molar-refractivity contribution is 5.25. The molecule has 0 saturated carbocycles. The van der Waals surface area contributed by atoms with E-state index in [9.17, 15) is 14.7 Å². The molecule has 0 aliphatic carbocycles. The van der Waals surface area contributed by atoms with Gasteiger partial charge in [0.05, 0.1) is 24.8 Å². The van der Waals surface area contributed by atoms with Crippen LogP contribution in [-0.4, -0.2) is 41.6 Å². The fourth-order valence-corrected chi connectivity index (χ4v) is 1.85. The first-order valence-electron chi connectivity index (χ1n) is 6.00. The number of aromatic amines is 1. The SMILES string of the molecule is COCC(Cn1c(O)c(C(C)C)c(=O)[nH]c1=O)OC. The minimum atomic E-state index is -0.662. The maximum absolute atomic E-state index is 11.7. The number of H-pyrrole nitrogens is 1. The third kappa shape index (κ3) is 3.45. The van der Waals surface area contributed by atoms with Crippen LogP contribution in [0.3, 0.4) is 0 Å². The summed E-state index contributed by atoms with van der Waals surface area (Å²) in [5.74, 6) is -0.513. The minimum Gasteiger partial charge on any atom is -0.494 e. The second-order valence-corrected chi connectivity index (χ2v) is 4.57. The number of aromatic hydroxyl groups is 1. The molecule has 0 aliphatic rings. The number of aromatic nitrogens is 2. The highest BCUT2D eigenvalue weighted by Crippen LogP contribution is 2.19. The van der Waals surface area contributed by atoms with Crippen molar-refractivity contribution in [3.8, 4) is 5.88 Å². The first-order chi connectivity index (χ1) is 8.92. The van der Waals surface area contributed by atoms with Crippen LogP contribution in [0.4, 0.5) is 0 Å². The zero-order valence-corrected chi connectivity index (χ0v) is 11.6. The topological polar surface area (TPSA) is 93.5 Å². The summed E-state index contributed by atoms with van der Waals surface area (Å²) in [6.45, 7) is 3.91. The lowest BCUT2D eigenvalue weighted by atomic mass is 10.1. The van der Waals surface area contributed by atoms with Crippen molar-refractivity contribution in [3.63, 3.8) is 0 Å². The van der Waals surface area contributed by atoms with Gasteiger partial charge in [-0.15, -0.1) is 0 Å². The number of ether oxygens (including phenoxy) is 2. The predicted octanol–water partition coefficient (Wildman–Crippen LogP) is 0.0270. The third-order valence-corrected chi connectivity index (χ3v) is 2.86. The summed E-state index contributed by atoms with van der Waals surface area (Å²) in [5.41, 5.74) is -1.04. The fourth-order valence-electron chi connectivity index (χ4n) is 1.85. The summed E-state index contributed by atoms with van der Waals surface area (Å²) in [6, 6.07) is 0. The second kappa shape index (κ2) is 6.53. The van der Waals surface area contributed by atoms with Crippen molar-refractivity contribution in [2.24, 2.45) is 0 Å². The molecule has 0 fully saturated rings. The molecule has 1 aromatic heterocycles. The fraction of sp³-hybridized carbons (Fsp3) is 0.667. The van der Waals surface area contributed by atoms with Crippen LogP contribution in [0.1, 0.15) is 25.3 Å². The molecule has 7 heteroatoms. The quantitative estimate of drug-likeness (QED) is 0.762. The van der Waals surface area contributed by atoms with Gasteiger partial charge >= 0.3 is 5.69 Å². The zero-order chi connectivity index (χ0) is 14.6. The number of hydrogen-bond acceptors (Lipinski definition) is 5. The molecule has 1 aromatic rings. The van der Waals surface area contributed by atoms with Crippen LogP contribution in [0.5, 0.6) is 5.88 Å². The van der Waals surface area contributed by atoms with Crippen LogP contribution in [0.25, 0.3) is 0 Å². The van der Waals surface area contributed by atoms with Gasteiger partial charge in [0, 0.05) is 14.2 Å². The van der Waals surface area contributed by atoms with E-state index in [0.717, 1.165) is 4.57 Å². The number of hydrogen-bond donors (Lipinski definition) is 2. The molecule has 0 aromatic carbocycles. The maximum Gasteiger partial charge on any atom is 0.331 e. The van der Waals surface area contributed by atoms with Gasteiger partial charge in [-0.05, 0) is 5.92 Å². The van der Waals surface area contributed by atoms with Crippen LogP contribution >= 0.6 is 0 Å². The van der Waals surface area contributed by atoms with Gasteiger partial charge in [0.1, 0.15) is 0 Å². The van der Waals surface area contributed by atoms with E-state index in [1.54, 1.807) is 13.8 Å². The maximum atomic E-state index is 11.7.